The molecule has 0 bridgehead atoms. The second kappa shape index (κ2) is 11.1. The highest BCUT2D eigenvalue weighted by Crippen LogP contribution is 2.40. The van der Waals surface area contributed by atoms with Crippen molar-refractivity contribution in [2.24, 2.45) is 0 Å². The fourth-order valence-electron chi connectivity index (χ4n) is 4.94. The molecule has 0 saturated heterocycles. The molecule has 0 saturated carbocycles. The number of halogens is 2. The number of sulfonamides is 1. The van der Waals surface area contributed by atoms with Crippen LogP contribution in [-0.4, -0.2) is 50.9 Å². The van der Waals surface area contributed by atoms with Crippen LogP contribution in [0.15, 0.2) is 56.7 Å². The zero-order valence-corrected chi connectivity index (χ0v) is 24.1. The van der Waals surface area contributed by atoms with Crippen molar-refractivity contribution in [1.29, 1.82) is 0 Å². The molecule has 11 nitrogen and oxygen atoms in total. The van der Waals surface area contributed by atoms with Crippen LogP contribution in [0.3, 0.4) is 0 Å². The maximum Gasteiger partial charge on any atom is 0.434 e. The number of nitrogens with zero attached hydrogens (tertiary/aromatic N) is 3. The summed E-state index contributed by atoms with van der Waals surface area (Å²) in [6, 6.07) is 7.50. The number of rotatable bonds is 8. The van der Waals surface area contributed by atoms with Crippen molar-refractivity contribution in [3.63, 3.8) is 0 Å². The fraction of sp³-hybridized carbons (Fsp3) is 0.296. The minimum absolute atomic E-state index is 0.00276. The molecule has 0 spiro atoms. The van der Waals surface area contributed by atoms with Crippen molar-refractivity contribution in [3.05, 3.63) is 81.0 Å². The summed E-state index contributed by atoms with van der Waals surface area (Å²) < 4.78 is 61.3. The van der Waals surface area contributed by atoms with Gasteiger partial charge in [-0.05, 0) is 47.9 Å². The Morgan fingerprint density at radius 2 is 2.02 bits per heavy atom. The Hall–Kier alpha value is -3.94. The minimum atomic E-state index is -4.32. The van der Waals surface area contributed by atoms with Crippen LogP contribution in [0.5, 0.6) is 11.5 Å². The molecule has 216 valence electrons. The number of aromatic amines is 1. The number of methoxy groups -OCH3 is 1. The number of aromatic nitrogens is 3. The summed E-state index contributed by atoms with van der Waals surface area (Å²) in [6.45, 7) is 4.55. The molecule has 2 N–H and O–H groups in total. The van der Waals surface area contributed by atoms with Crippen molar-refractivity contribution in [3.8, 4) is 22.6 Å². The monoisotopic (exact) mass is 603 g/mol. The van der Waals surface area contributed by atoms with Crippen molar-refractivity contribution in [1.82, 2.24) is 19.9 Å². The van der Waals surface area contributed by atoms with Crippen LogP contribution < -0.4 is 24.9 Å². The van der Waals surface area contributed by atoms with Crippen LogP contribution in [0.1, 0.15) is 35.9 Å². The molecule has 14 heteroatoms. The van der Waals surface area contributed by atoms with Gasteiger partial charge in [0, 0.05) is 35.8 Å². The maximum atomic E-state index is 15.5. The van der Waals surface area contributed by atoms with Crippen LogP contribution in [-0.2, 0) is 10.0 Å². The summed E-state index contributed by atoms with van der Waals surface area (Å²) >= 11 is 6.01. The van der Waals surface area contributed by atoms with E-state index >= 15 is 4.39 Å². The largest absolute Gasteiger partial charge is 0.495 e. The Balaban J connectivity index is 1.58. The van der Waals surface area contributed by atoms with Crippen LogP contribution in [0.4, 0.5) is 10.2 Å². The molecule has 0 fully saturated rings. The van der Waals surface area contributed by atoms with Gasteiger partial charge in [-0.15, -0.1) is 5.10 Å². The summed E-state index contributed by atoms with van der Waals surface area (Å²) in [5.41, 5.74) is 2.10. The number of likely N-dealkylation sites (N-methyl/N-ethyl adjacent to an activating group) is 1. The van der Waals surface area contributed by atoms with Gasteiger partial charge in [0.2, 0.25) is 15.9 Å². The molecule has 0 amide bonds. The molecule has 0 aliphatic carbocycles. The first-order valence-electron chi connectivity index (χ1n) is 12.5. The van der Waals surface area contributed by atoms with E-state index in [1.165, 1.54) is 31.4 Å². The zero-order chi connectivity index (χ0) is 29.5. The quantitative estimate of drug-likeness (QED) is 0.303. The first kappa shape index (κ1) is 28.6. The number of benzene rings is 2. The Bertz CT molecular complexity index is 1780. The molecule has 1 aliphatic heterocycles. The summed E-state index contributed by atoms with van der Waals surface area (Å²) in [6.07, 6.45) is 1.68. The average molecular weight is 604 g/mol. The van der Waals surface area contributed by atoms with Gasteiger partial charge in [0.05, 0.1) is 13.7 Å². The third kappa shape index (κ3) is 5.52. The lowest BCUT2D eigenvalue weighted by Gasteiger charge is -2.27. The van der Waals surface area contributed by atoms with Crippen molar-refractivity contribution in [2.75, 3.05) is 32.2 Å². The molecular formula is C27H27ClFN5O6S. The molecule has 2 atom stereocenters. The van der Waals surface area contributed by atoms with Gasteiger partial charge in [0.1, 0.15) is 29.1 Å². The predicted octanol–water partition coefficient (Wildman–Crippen LogP) is 4.19. The number of hydrogen-bond donors (Lipinski definition) is 2. The van der Waals surface area contributed by atoms with E-state index < -0.39 is 33.6 Å². The number of ether oxygens (including phenoxy) is 2. The Kier molecular flexibility index (Phi) is 7.77. The lowest BCUT2D eigenvalue weighted by Crippen LogP contribution is -2.33. The van der Waals surface area contributed by atoms with Gasteiger partial charge in [0.15, 0.2) is 11.6 Å². The lowest BCUT2D eigenvalue weighted by molar-refractivity contribution is 0.309. The summed E-state index contributed by atoms with van der Waals surface area (Å²) in [7, 11) is -1.09. The fourth-order valence-corrected chi connectivity index (χ4v) is 6.53. The number of hydrogen-bond acceptors (Lipinski definition) is 9. The van der Waals surface area contributed by atoms with Gasteiger partial charge < -0.3 is 18.8 Å². The van der Waals surface area contributed by atoms with Gasteiger partial charge in [0.25, 0.3) is 0 Å². The van der Waals surface area contributed by atoms with E-state index in [0.717, 1.165) is 0 Å². The van der Waals surface area contributed by atoms with Crippen LogP contribution in [0, 0.1) is 12.7 Å². The second-order valence-electron chi connectivity index (χ2n) is 9.58. The minimum Gasteiger partial charge on any atom is -0.495 e. The Labute approximate surface area is 240 Å². The van der Waals surface area contributed by atoms with E-state index in [1.807, 2.05) is 18.0 Å². The standard InChI is InChI=1S/C27H27ClFN5O6S/c1-14-18(16-11-21-25(30-13-16)34(3)9-10-39-21)6-7-19(29)23(14)15(2)24(26-31-32-27(35)40-26)33-41(36,37)22-8-5-17(28)12-20(22)38-4/h5-8,11-13,15,24,33H,9-10H2,1-4H3,(H,32,35)/t15-,24+/m1/s1. The normalized spacial score (nSPS) is 14.7. The molecule has 41 heavy (non-hydrogen) atoms. The summed E-state index contributed by atoms with van der Waals surface area (Å²) in [4.78, 5) is 18.2. The van der Waals surface area contributed by atoms with Gasteiger partial charge in [-0.2, -0.15) is 4.72 Å². The second-order valence-corrected chi connectivity index (χ2v) is 11.7. The predicted molar refractivity (Wildman–Crippen MR) is 150 cm³/mol. The third-order valence-corrected chi connectivity index (χ3v) is 8.74. The Morgan fingerprint density at radius 1 is 1.24 bits per heavy atom. The summed E-state index contributed by atoms with van der Waals surface area (Å²) in [5.74, 6) is -1.33. The van der Waals surface area contributed by atoms with Gasteiger partial charge in [-0.25, -0.2) is 27.7 Å². The molecule has 2 aromatic heterocycles. The lowest BCUT2D eigenvalue weighted by atomic mass is 9.86. The highest BCUT2D eigenvalue weighted by molar-refractivity contribution is 7.89. The van der Waals surface area contributed by atoms with E-state index in [-0.39, 0.29) is 27.1 Å². The zero-order valence-electron chi connectivity index (χ0n) is 22.6. The molecule has 4 aromatic rings. The summed E-state index contributed by atoms with van der Waals surface area (Å²) in [5, 5.41) is 6.27. The SMILES string of the molecule is COc1cc(Cl)ccc1S(=O)(=O)N[C@H](c1n[nH]c(=O)o1)[C@H](C)c1c(F)ccc(-c2cnc3c(c2)OCCN3C)c1C. The average Bonchev–Trinajstić information content (AvgIpc) is 3.37. The first-order valence-corrected chi connectivity index (χ1v) is 14.4. The van der Waals surface area contributed by atoms with E-state index in [4.69, 9.17) is 25.5 Å². The topological polar surface area (TPSA) is 140 Å². The van der Waals surface area contributed by atoms with Crippen LogP contribution in [0.25, 0.3) is 11.1 Å². The van der Waals surface area contributed by atoms with Crippen molar-refractivity contribution < 1.29 is 26.7 Å². The molecule has 3 heterocycles. The molecule has 0 unspecified atom stereocenters. The molecule has 2 aromatic carbocycles. The van der Waals surface area contributed by atoms with Gasteiger partial charge >= 0.3 is 5.76 Å². The molecule has 1 aliphatic rings. The van der Waals surface area contributed by atoms with Gasteiger partial charge in [-0.1, -0.05) is 24.6 Å². The van der Waals surface area contributed by atoms with E-state index in [2.05, 4.69) is 19.9 Å². The van der Waals surface area contributed by atoms with Crippen LogP contribution in [0.2, 0.25) is 5.02 Å². The smallest absolute Gasteiger partial charge is 0.434 e. The maximum absolute atomic E-state index is 15.5. The number of H-pyrrole nitrogens is 1. The molecular weight excluding hydrogens is 577 g/mol. The van der Waals surface area contributed by atoms with E-state index in [0.29, 0.717) is 41.4 Å². The number of pyridine rings is 1. The van der Waals surface area contributed by atoms with Crippen molar-refractivity contribution >= 4 is 27.4 Å². The van der Waals surface area contributed by atoms with Gasteiger partial charge in [-0.3, -0.25) is 0 Å². The van der Waals surface area contributed by atoms with Crippen molar-refractivity contribution in [2.45, 2.75) is 30.7 Å². The van der Waals surface area contributed by atoms with Crippen LogP contribution >= 0.6 is 11.6 Å². The highest BCUT2D eigenvalue weighted by atomic mass is 35.5. The van der Waals surface area contributed by atoms with E-state index in [9.17, 15) is 13.2 Å². The molecule has 0 radical (unpaired) electrons. The number of anilines is 1. The van der Waals surface area contributed by atoms with E-state index in [1.54, 1.807) is 26.1 Å². The first-order chi connectivity index (χ1) is 19.5. The molecule has 5 rings (SSSR count). The highest BCUT2D eigenvalue weighted by Gasteiger charge is 2.35. The number of nitrogens with one attached hydrogen (secondary N) is 2. The number of fused-ring (bicyclic) bond motifs is 1. The third-order valence-electron chi connectivity index (χ3n) is 7.02. The Morgan fingerprint density at radius 3 is 2.73 bits per heavy atom.